The van der Waals surface area contributed by atoms with Crippen LogP contribution in [0, 0.1) is 6.92 Å². The van der Waals surface area contributed by atoms with Crippen molar-refractivity contribution in [2.24, 2.45) is 5.73 Å². The molecule has 2 N–H and O–H groups in total. The normalized spacial score (nSPS) is 12.5. The van der Waals surface area contributed by atoms with Crippen LogP contribution in [-0.4, -0.2) is 28.4 Å². The van der Waals surface area contributed by atoms with E-state index in [1.165, 1.54) is 0 Å². The van der Waals surface area contributed by atoms with E-state index in [1.807, 2.05) is 13.1 Å². The Labute approximate surface area is 82.8 Å². The van der Waals surface area contributed by atoms with Gasteiger partial charge in [-0.2, -0.15) is 5.10 Å². The fourth-order valence-electron chi connectivity index (χ4n) is 1.09. The summed E-state index contributed by atoms with van der Waals surface area (Å²) in [6, 6.07) is -0.644. The molecule has 0 fully saturated rings. The first kappa shape index (κ1) is 10.7. The van der Waals surface area contributed by atoms with E-state index in [9.17, 15) is 4.79 Å². The van der Waals surface area contributed by atoms with E-state index < -0.39 is 6.04 Å². The second-order valence-electron chi connectivity index (χ2n) is 3.10. The molecule has 0 aliphatic heterocycles. The molecule has 0 aromatic carbocycles. The maximum atomic E-state index is 11.2. The van der Waals surface area contributed by atoms with Crippen molar-refractivity contribution in [1.82, 2.24) is 9.78 Å². The third kappa shape index (κ3) is 2.85. The Bertz CT molecular complexity index is 309. The van der Waals surface area contributed by atoms with Gasteiger partial charge in [0.15, 0.2) is 0 Å². The topological polar surface area (TPSA) is 70.1 Å². The van der Waals surface area contributed by atoms with Gasteiger partial charge in [-0.15, -0.1) is 0 Å². The first-order chi connectivity index (χ1) is 6.63. The summed E-state index contributed by atoms with van der Waals surface area (Å²) in [6.07, 6.45) is 3.55. The Kier molecular flexibility index (Phi) is 3.64. The van der Waals surface area contributed by atoms with Gasteiger partial charge in [0.05, 0.1) is 19.3 Å². The molecule has 0 bridgehead atoms. The van der Waals surface area contributed by atoms with Crippen molar-refractivity contribution in [1.29, 1.82) is 0 Å². The quantitative estimate of drug-likeness (QED) is 0.694. The zero-order chi connectivity index (χ0) is 10.6. The average Bonchev–Trinajstić information content (AvgIpc) is 2.51. The number of nitrogens with two attached hydrogens (primary N) is 1. The van der Waals surface area contributed by atoms with Crippen molar-refractivity contribution >= 4 is 5.97 Å². The second-order valence-corrected chi connectivity index (χ2v) is 3.10. The molecule has 78 valence electrons. The van der Waals surface area contributed by atoms with E-state index >= 15 is 0 Å². The number of ether oxygens (including phenoxy) is 1. The zero-order valence-corrected chi connectivity index (χ0v) is 8.43. The van der Waals surface area contributed by atoms with Crippen LogP contribution in [0.1, 0.15) is 12.5 Å². The first-order valence-corrected chi connectivity index (χ1v) is 4.54. The average molecular weight is 197 g/mol. The molecule has 5 nitrogen and oxygen atoms in total. The lowest BCUT2D eigenvalue weighted by Gasteiger charge is -2.09. The third-order valence-corrected chi connectivity index (χ3v) is 1.74. The molecule has 1 atom stereocenters. The fourth-order valence-corrected chi connectivity index (χ4v) is 1.09. The molecule has 5 heteroatoms. The molecule has 1 unspecified atom stereocenters. The molecule has 0 saturated heterocycles. The van der Waals surface area contributed by atoms with Crippen molar-refractivity contribution in [2.75, 3.05) is 6.61 Å². The van der Waals surface area contributed by atoms with E-state index in [0.29, 0.717) is 13.2 Å². The molecular formula is C9H15N3O2. The molecule has 14 heavy (non-hydrogen) atoms. The zero-order valence-electron chi connectivity index (χ0n) is 8.43. The summed E-state index contributed by atoms with van der Waals surface area (Å²) in [5.74, 6) is -0.388. The summed E-state index contributed by atoms with van der Waals surface area (Å²) in [6.45, 7) is 4.39. The number of aryl methyl sites for hydroxylation is 1. The Morgan fingerprint density at radius 1 is 1.79 bits per heavy atom. The molecule has 0 spiro atoms. The van der Waals surface area contributed by atoms with Gasteiger partial charge in [-0.05, 0) is 19.4 Å². The number of nitrogens with zero attached hydrogens (tertiary/aromatic N) is 2. The highest BCUT2D eigenvalue weighted by molar-refractivity contribution is 5.75. The smallest absolute Gasteiger partial charge is 0.324 e. The summed E-state index contributed by atoms with van der Waals surface area (Å²) in [7, 11) is 0. The predicted molar refractivity (Wildman–Crippen MR) is 51.6 cm³/mol. The highest BCUT2D eigenvalue weighted by Crippen LogP contribution is 1.96. The van der Waals surface area contributed by atoms with Gasteiger partial charge in [-0.1, -0.05) is 0 Å². The first-order valence-electron chi connectivity index (χ1n) is 4.54. The fraction of sp³-hybridized carbons (Fsp3) is 0.556. The minimum absolute atomic E-state index is 0.352. The summed E-state index contributed by atoms with van der Waals surface area (Å²) in [4.78, 5) is 11.2. The van der Waals surface area contributed by atoms with Gasteiger partial charge in [-0.3, -0.25) is 9.48 Å². The van der Waals surface area contributed by atoms with Gasteiger partial charge in [0, 0.05) is 6.20 Å². The van der Waals surface area contributed by atoms with Gasteiger partial charge in [0.2, 0.25) is 0 Å². The van der Waals surface area contributed by atoms with Crippen LogP contribution in [-0.2, 0) is 16.1 Å². The van der Waals surface area contributed by atoms with E-state index in [4.69, 9.17) is 10.5 Å². The van der Waals surface area contributed by atoms with Crippen LogP contribution in [0.4, 0.5) is 0 Å². The molecule has 0 aliphatic rings. The standard InChI is InChI=1S/C9H15N3O2/c1-3-14-9(13)8(10)6-12-5-7(2)4-11-12/h4-5,8H,3,6,10H2,1-2H3. The number of hydrogen-bond donors (Lipinski definition) is 1. The lowest BCUT2D eigenvalue weighted by Crippen LogP contribution is -2.36. The molecule has 0 aliphatic carbocycles. The number of hydrogen-bond acceptors (Lipinski definition) is 4. The monoisotopic (exact) mass is 197 g/mol. The van der Waals surface area contributed by atoms with Crippen molar-refractivity contribution in [3.8, 4) is 0 Å². The highest BCUT2D eigenvalue weighted by Gasteiger charge is 2.15. The molecule has 0 saturated carbocycles. The summed E-state index contributed by atoms with van der Waals surface area (Å²) >= 11 is 0. The molecule has 1 heterocycles. The van der Waals surface area contributed by atoms with Crippen molar-refractivity contribution in [3.05, 3.63) is 18.0 Å². The Morgan fingerprint density at radius 2 is 2.50 bits per heavy atom. The summed E-state index contributed by atoms with van der Waals surface area (Å²) in [5.41, 5.74) is 6.65. The van der Waals surface area contributed by atoms with Gasteiger partial charge in [0.25, 0.3) is 0 Å². The van der Waals surface area contributed by atoms with Gasteiger partial charge in [-0.25, -0.2) is 0 Å². The number of rotatable bonds is 4. The van der Waals surface area contributed by atoms with Crippen molar-refractivity contribution in [2.45, 2.75) is 26.4 Å². The van der Waals surface area contributed by atoms with E-state index in [-0.39, 0.29) is 5.97 Å². The number of carbonyl (C=O) groups excluding carboxylic acids is 1. The van der Waals surface area contributed by atoms with Crippen LogP contribution in [0.15, 0.2) is 12.4 Å². The Hall–Kier alpha value is -1.36. The van der Waals surface area contributed by atoms with Crippen LogP contribution in [0.25, 0.3) is 0 Å². The minimum atomic E-state index is -0.644. The second kappa shape index (κ2) is 4.76. The Balaban J connectivity index is 2.48. The molecule has 1 aromatic heterocycles. The molecule has 0 radical (unpaired) electrons. The lowest BCUT2D eigenvalue weighted by atomic mass is 10.3. The molecular weight excluding hydrogens is 182 g/mol. The predicted octanol–water partition coefficient (Wildman–Crippen LogP) is 0.0819. The number of aromatic nitrogens is 2. The van der Waals surface area contributed by atoms with Crippen LogP contribution in [0.5, 0.6) is 0 Å². The molecule has 0 amide bonds. The van der Waals surface area contributed by atoms with Crippen molar-refractivity contribution < 1.29 is 9.53 Å². The Morgan fingerprint density at radius 3 is 3.00 bits per heavy atom. The minimum Gasteiger partial charge on any atom is -0.465 e. The van der Waals surface area contributed by atoms with Crippen LogP contribution in [0.2, 0.25) is 0 Å². The van der Waals surface area contributed by atoms with Crippen LogP contribution in [0.3, 0.4) is 0 Å². The van der Waals surface area contributed by atoms with Gasteiger partial charge in [0.1, 0.15) is 6.04 Å². The van der Waals surface area contributed by atoms with Crippen LogP contribution >= 0.6 is 0 Å². The maximum Gasteiger partial charge on any atom is 0.324 e. The summed E-state index contributed by atoms with van der Waals surface area (Å²) < 4.78 is 6.41. The van der Waals surface area contributed by atoms with Gasteiger partial charge < -0.3 is 10.5 Å². The molecule has 1 aromatic rings. The largest absolute Gasteiger partial charge is 0.465 e. The van der Waals surface area contributed by atoms with Crippen molar-refractivity contribution in [3.63, 3.8) is 0 Å². The SMILES string of the molecule is CCOC(=O)C(N)Cn1cc(C)cn1. The lowest BCUT2D eigenvalue weighted by molar-refractivity contribution is -0.145. The van der Waals surface area contributed by atoms with E-state index in [1.54, 1.807) is 17.8 Å². The van der Waals surface area contributed by atoms with Gasteiger partial charge >= 0.3 is 5.97 Å². The molecule has 1 rings (SSSR count). The maximum absolute atomic E-state index is 11.2. The highest BCUT2D eigenvalue weighted by atomic mass is 16.5. The number of carbonyl (C=O) groups is 1. The summed E-state index contributed by atoms with van der Waals surface area (Å²) in [5, 5.41) is 4.03. The van der Waals surface area contributed by atoms with Crippen LogP contribution < -0.4 is 5.73 Å². The van der Waals surface area contributed by atoms with E-state index in [2.05, 4.69) is 5.10 Å². The van der Waals surface area contributed by atoms with E-state index in [0.717, 1.165) is 5.56 Å². The number of esters is 1. The third-order valence-electron chi connectivity index (χ3n) is 1.74.